The van der Waals surface area contributed by atoms with Crippen molar-refractivity contribution in [3.8, 4) is 0 Å². The van der Waals surface area contributed by atoms with Crippen molar-refractivity contribution in [3.63, 3.8) is 0 Å². The molecule has 3 amide bonds. The van der Waals surface area contributed by atoms with E-state index >= 15 is 0 Å². The van der Waals surface area contributed by atoms with E-state index in [2.05, 4.69) is 10.6 Å². The summed E-state index contributed by atoms with van der Waals surface area (Å²) >= 11 is 0. The van der Waals surface area contributed by atoms with Gasteiger partial charge in [-0.25, -0.2) is 4.79 Å². The van der Waals surface area contributed by atoms with E-state index in [1.54, 1.807) is 0 Å². The molecule has 7 nitrogen and oxygen atoms in total. The summed E-state index contributed by atoms with van der Waals surface area (Å²) < 4.78 is 0. The van der Waals surface area contributed by atoms with Crippen LogP contribution in [-0.2, 0) is 9.59 Å². The molecule has 20 heavy (non-hydrogen) atoms. The average molecular weight is 283 g/mol. The van der Waals surface area contributed by atoms with Gasteiger partial charge in [0.1, 0.15) is 0 Å². The number of nitrogens with zero attached hydrogens (tertiary/aromatic N) is 1. The molecule has 112 valence electrons. The fraction of sp³-hybridized carbons (Fsp3) is 0.769. The molecule has 0 atom stereocenters. The molecule has 0 spiro atoms. The zero-order valence-electron chi connectivity index (χ0n) is 11.4. The lowest BCUT2D eigenvalue weighted by atomic mass is 9.94. The number of carbonyl (C=O) groups is 3. The monoisotopic (exact) mass is 283 g/mol. The zero-order chi connectivity index (χ0) is 14.5. The SMILES string of the molecule is O=C(O)CC1CCN(CC(=O)NC(=O)NC2CC2)CC1. The Hall–Kier alpha value is -1.63. The molecule has 0 aromatic rings. The highest BCUT2D eigenvalue weighted by Crippen LogP contribution is 2.20. The van der Waals surface area contributed by atoms with Crippen LogP contribution in [0.5, 0.6) is 0 Å². The number of carbonyl (C=O) groups excluding carboxylic acids is 2. The summed E-state index contributed by atoms with van der Waals surface area (Å²) in [5, 5.41) is 13.7. The van der Waals surface area contributed by atoms with Crippen LogP contribution in [0.4, 0.5) is 4.79 Å². The highest BCUT2D eigenvalue weighted by atomic mass is 16.4. The molecule has 1 saturated carbocycles. The number of nitrogens with one attached hydrogen (secondary N) is 2. The van der Waals surface area contributed by atoms with Gasteiger partial charge in [0.15, 0.2) is 0 Å². The summed E-state index contributed by atoms with van der Waals surface area (Å²) in [5.41, 5.74) is 0. The van der Waals surface area contributed by atoms with E-state index in [9.17, 15) is 14.4 Å². The molecular weight excluding hydrogens is 262 g/mol. The van der Waals surface area contributed by atoms with Crippen molar-refractivity contribution in [2.24, 2.45) is 5.92 Å². The molecule has 0 radical (unpaired) electrons. The lowest BCUT2D eigenvalue weighted by Crippen LogP contribution is -2.46. The van der Waals surface area contributed by atoms with Crippen molar-refractivity contribution in [1.82, 2.24) is 15.5 Å². The highest BCUT2D eigenvalue weighted by molar-refractivity contribution is 5.95. The Morgan fingerprint density at radius 2 is 1.75 bits per heavy atom. The van der Waals surface area contributed by atoms with Crippen LogP contribution in [0, 0.1) is 5.92 Å². The predicted octanol–water partition coefficient (Wildman–Crippen LogP) is 0.161. The Morgan fingerprint density at radius 3 is 2.30 bits per heavy atom. The van der Waals surface area contributed by atoms with Gasteiger partial charge in [0, 0.05) is 12.5 Å². The number of imide groups is 1. The van der Waals surface area contributed by atoms with Gasteiger partial charge in [-0.1, -0.05) is 0 Å². The zero-order valence-corrected chi connectivity index (χ0v) is 11.4. The first-order valence-electron chi connectivity index (χ1n) is 7.07. The Bertz CT molecular complexity index is 387. The summed E-state index contributed by atoms with van der Waals surface area (Å²) in [4.78, 5) is 35.6. The van der Waals surface area contributed by atoms with Crippen LogP contribution in [0.15, 0.2) is 0 Å². The molecule has 0 bridgehead atoms. The van der Waals surface area contributed by atoms with Crippen LogP contribution in [0.25, 0.3) is 0 Å². The van der Waals surface area contributed by atoms with Crippen LogP contribution in [0.1, 0.15) is 32.1 Å². The van der Waals surface area contributed by atoms with Gasteiger partial charge < -0.3 is 10.4 Å². The molecular formula is C13H21N3O4. The van der Waals surface area contributed by atoms with Gasteiger partial charge in [0.2, 0.25) is 5.91 Å². The smallest absolute Gasteiger partial charge is 0.321 e. The quantitative estimate of drug-likeness (QED) is 0.667. The number of aliphatic carboxylic acids is 1. The van der Waals surface area contributed by atoms with E-state index < -0.39 is 12.0 Å². The second kappa shape index (κ2) is 6.69. The minimum Gasteiger partial charge on any atom is -0.481 e. The van der Waals surface area contributed by atoms with Gasteiger partial charge in [-0.15, -0.1) is 0 Å². The Labute approximate surface area is 117 Å². The third kappa shape index (κ3) is 5.16. The second-order valence-electron chi connectivity index (χ2n) is 5.61. The summed E-state index contributed by atoms with van der Waals surface area (Å²) in [6.07, 6.45) is 3.74. The third-order valence-electron chi connectivity index (χ3n) is 3.70. The van der Waals surface area contributed by atoms with Crippen molar-refractivity contribution >= 4 is 17.9 Å². The van der Waals surface area contributed by atoms with Crippen molar-refractivity contribution < 1.29 is 19.5 Å². The molecule has 1 heterocycles. The largest absolute Gasteiger partial charge is 0.481 e. The fourth-order valence-corrected chi connectivity index (χ4v) is 2.41. The van der Waals surface area contributed by atoms with E-state index in [-0.39, 0.29) is 30.8 Å². The van der Waals surface area contributed by atoms with Crippen LogP contribution < -0.4 is 10.6 Å². The minimum atomic E-state index is -0.766. The van der Waals surface area contributed by atoms with Gasteiger partial charge in [-0.05, 0) is 44.7 Å². The van der Waals surface area contributed by atoms with E-state index in [0.29, 0.717) is 13.1 Å². The van der Waals surface area contributed by atoms with Crippen molar-refractivity contribution in [3.05, 3.63) is 0 Å². The Kier molecular flexibility index (Phi) is 4.94. The number of likely N-dealkylation sites (tertiary alicyclic amines) is 1. The first-order valence-corrected chi connectivity index (χ1v) is 7.07. The normalized spacial score (nSPS) is 20.4. The number of carboxylic acids is 1. The molecule has 2 rings (SSSR count). The standard InChI is InChI=1S/C13H21N3O4/c17-11(15-13(20)14-10-1-2-10)8-16-5-3-9(4-6-16)7-12(18)19/h9-10H,1-8H2,(H,18,19)(H2,14,15,17,20). The van der Waals surface area contributed by atoms with E-state index in [1.165, 1.54) is 0 Å². The number of carboxylic acid groups (broad SMARTS) is 1. The van der Waals surface area contributed by atoms with Crippen LogP contribution in [-0.4, -0.2) is 53.6 Å². The lowest BCUT2D eigenvalue weighted by molar-refractivity contribution is -0.138. The molecule has 0 aromatic carbocycles. The Balaban J connectivity index is 1.62. The first-order chi connectivity index (χ1) is 9.52. The van der Waals surface area contributed by atoms with Gasteiger partial charge in [-0.3, -0.25) is 19.8 Å². The van der Waals surface area contributed by atoms with Crippen molar-refractivity contribution in [2.45, 2.75) is 38.1 Å². The summed E-state index contributed by atoms with van der Waals surface area (Å²) in [6.45, 7) is 1.60. The summed E-state index contributed by atoms with van der Waals surface area (Å²) in [7, 11) is 0. The number of rotatable bonds is 5. The molecule has 0 unspecified atom stereocenters. The van der Waals surface area contributed by atoms with E-state index in [1.807, 2.05) is 4.90 Å². The molecule has 3 N–H and O–H groups in total. The Morgan fingerprint density at radius 1 is 1.10 bits per heavy atom. The van der Waals surface area contributed by atoms with Crippen LogP contribution in [0.3, 0.4) is 0 Å². The third-order valence-corrected chi connectivity index (χ3v) is 3.70. The van der Waals surface area contributed by atoms with E-state index in [4.69, 9.17) is 5.11 Å². The lowest BCUT2D eigenvalue weighted by Gasteiger charge is -2.30. The maximum Gasteiger partial charge on any atom is 0.321 e. The van der Waals surface area contributed by atoms with E-state index in [0.717, 1.165) is 25.7 Å². The molecule has 1 aliphatic heterocycles. The molecule has 0 aromatic heterocycles. The summed E-state index contributed by atoms with van der Waals surface area (Å²) in [6, 6.07) is -0.187. The van der Waals surface area contributed by atoms with Crippen LogP contribution >= 0.6 is 0 Å². The highest BCUT2D eigenvalue weighted by Gasteiger charge is 2.25. The van der Waals surface area contributed by atoms with Gasteiger partial charge in [0.25, 0.3) is 0 Å². The number of urea groups is 1. The summed E-state index contributed by atoms with van der Waals surface area (Å²) in [5.74, 6) is -0.872. The molecule has 2 aliphatic rings. The number of amides is 3. The molecule has 1 saturated heterocycles. The average Bonchev–Trinajstić information content (AvgIpc) is 3.14. The van der Waals surface area contributed by atoms with Gasteiger partial charge in [-0.2, -0.15) is 0 Å². The van der Waals surface area contributed by atoms with Crippen molar-refractivity contribution in [2.75, 3.05) is 19.6 Å². The molecule has 1 aliphatic carbocycles. The van der Waals surface area contributed by atoms with Crippen molar-refractivity contribution in [1.29, 1.82) is 0 Å². The fourth-order valence-electron chi connectivity index (χ4n) is 2.41. The van der Waals surface area contributed by atoms with Crippen LogP contribution in [0.2, 0.25) is 0 Å². The number of piperidine rings is 1. The molecule has 7 heteroatoms. The first kappa shape index (κ1) is 14.8. The second-order valence-corrected chi connectivity index (χ2v) is 5.61. The number of hydrogen-bond donors (Lipinski definition) is 3. The minimum absolute atomic E-state index is 0.192. The molecule has 2 fully saturated rings. The predicted molar refractivity (Wildman–Crippen MR) is 71.1 cm³/mol. The topological polar surface area (TPSA) is 98.7 Å². The van der Waals surface area contributed by atoms with Gasteiger partial charge in [0.05, 0.1) is 6.54 Å². The van der Waals surface area contributed by atoms with Gasteiger partial charge >= 0.3 is 12.0 Å². The maximum atomic E-state index is 11.7. The maximum absolute atomic E-state index is 11.7. The number of hydrogen-bond acceptors (Lipinski definition) is 4.